The zero-order chi connectivity index (χ0) is 19.2. The normalized spacial score (nSPS) is 10.2. The molecule has 3 heteroatoms. The standard InChI is InChI=1S/C26H22NO.BrH/c28-26(25-13-11-24(12-14-25)23-9-5-2-6-10-23)20-27-17-15-22(16-18-27)19-21-7-3-1-4-8-21;/h1-18H,19-20H2;1H/q+1;. The summed E-state index contributed by atoms with van der Waals surface area (Å²) in [5.41, 5.74) is 5.54. The topological polar surface area (TPSA) is 20.9 Å². The molecule has 0 aliphatic rings. The second-order valence-corrected chi connectivity index (χ2v) is 6.91. The number of hydrogen-bond donors (Lipinski definition) is 0. The molecule has 2 nitrogen and oxygen atoms in total. The monoisotopic (exact) mass is 444 g/mol. The minimum absolute atomic E-state index is 0. The Morgan fingerprint density at radius 3 is 1.76 bits per heavy atom. The second-order valence-electron chi connectivity index (χ2n) is 6.91. The Bertz CT molecular complexity index is 1040. The van der Waals surface area contributed by atoms with E-state index in [1.165, 1.54) is 11.1 Å². The Labute approximate surface area is 182 Å². The summed E-state index contributed by atoms with van der Waals surface area (Å²) in [6.45, 7) is 0.344. The molecule has 29 heavy (non-hydrogen) atoms. The first-order valence-electron chi connectivity index (χ1n) is 9.48. The van der Waals surface area contributed by atoms with Gasteiger partial charge in [0, 0.05) is 17.7 Å². The SMILES string of the molecule is Br.O=C(C[n+]1ccc(Cc2ccccc2)cc1)c1ccc(-c2ccccc2)cc1. The lowest BCUT2D eigenvalue weighted by atomic mass is 10.0. The minimum atomic E-state index is 0. The number of halogens is 1. The van der Waals surface area contributed by atoms with Crippen LogP contribution in [0.5, 0.6) is 0 Å². The van der Waals surface area contributed by atoms with Gasteiger partial charge in [-0.25, -0.2) is 0 Å². The Morgan fingerprint density at radius 1 is 0.621 bits per heavy atom. The Kier molecular flexibility index (Phi) is 7.09. The average Bonchev–Trinajstić information content (AvgIpc) is 2.76. The molecule has 144 valence electrons. The van der Waals surface area contributed by atoms with Crippen molar-refractivity contribution in [1.82, 2.24) is 0 Å². The fourth-order valence-electron chi connectivity index (χ4n) is 3.28. The van der Waals surface area contributed by atoms with Crippen LogP contribution in [0.1, 0.15) is 21.5 Å². The van der Waals surface area contributed by atoms with Crippen molar-refractivity contribution >= 4 is 22.8 Å². The van der Waals surface area contributed by atoms with E-state index in [0.717, 1.165) is 23.1 Å². The minimum Gasteiger partial charge on any atom is -0.287 e. The van der Waals surface area contributed by atoms with Crippen molar-refractivity contribution in [2.24, 2.45) is 0 Å². The van der Waals surface area contributed by atoms with Crippen LogP contribution >= 0.6 is 17.0 Å². The molecule has 0 unspecified atom stereocenters. The van der Waals surface area contributed by atoms with Gasteiger partial charge in [0.1, 0.15) is 0 Å². The quantitative estimate of drug-likeness (QED) is 0.276. The molecule has 1 aromatic heterocycles. The lowest BCUT2D eigenvalue weighted by molar-refractivity contribution is -0.683. The number of Topliss-reactive ketones (excluding diaryl/α,β-unsaturated/α-hetero) is 1. The van der Waals surface area contributed by atoms with Crippen molar-refractivity contribution in [3.05, 3.63) is 126 Å². The predicted molar refractivity (Wildman–Crippen MR) is 122 cm³/mol. The highest BCUT2D eigenvalue weighted by Gasteiger charge is 2.12. The fourth-order valence-corrected chi connectivity index (χ4v) is 3.28. The van der Waals surface area contributed by atoms with Crippen LogP contribution in [0.25, 0.3) is 11.1 Å². The molecule has 0 spiro atoms. The van der Waals surface area contributed by atoms with E-state index in [0.29, 0.717) is 6.54 Å². The molecule has 0 aliphatic heterocycles. The van der Waals surface area contributed by atoms with E-state index in [4.69, 9.17) is 0 Å². The Balaban J connectivity index is 0.00000240. The van der Waals surface area contributed by atoms with Gasteiger partial charge in [0.05, 0.1) is 0 Å². The number of nitrogens with zero attached hydrogens (tertiary/aromatic N) is 1. The molecule has 0 aliphatic carbocycles. The third-order valence-corrected chi connectivity index (χ3v) is 4.85. The molecular weight excluding hydrogens is 422 g/mol. The van der Waals surface area contributed by atoms with Crippen molar-refractivity contribution in [2.75, 3.05) is 0 Å². The summed E-state index contributed by atoms with van der Waals surface area (Å²) < 4.78 is 1.93. The summed E-state index contributed by atoms with van der Waals surface area (Å²) in [6.07, 6.45) is 4.86. The van der Waals surface area contributed by atoms with Gasteiger partial charge in [-0.2, -0.15) is 4.57 Å². The van der Waals surface area contributed by atoms with Crippen LogP contribution in [0.4, 0.5) is 0 Å². The summed E-state index contributed by atoms with van der Waals surface area (Å²) in [7, 11) is 0. The van der Waals surface area contributed by atoms with E-state index in [9.17, 15) is 4.79 Å². The summed E-state index contributed by atoms with van der Waals surface area (Å²) in [5.74, 6) is 0.112. The zero-order valence-electron chi connectivity index (χ0n) is 16.1. The van der Waals surface area contributed by atoms with E-state index in [2.05, 4.69) is 48.5 Å². The molecule has 0 amide bonds. The molecule has 3 aromatic carbocycles. The first kappa shape index (κ1) is 20.7. The zero-order valence-corrected chi connectivity index (χ0v) is 17.8. The number of carbonyl (C=O) groups excluding carboxylic acids is 1. The summed E-state index contributed by atoms with van der Waals surface area (Å²) >= 11 is 0. The lowest BCUT2D eigenvalue weighted by Gasteiger charge is -2.04. The van der Waals surface area contributed by atoms with E-state index < -0.39 is 0 Å². The van der Waals surface area contributed by atoms with Crippen LogP contribution in [0.2, 0.25) is 0 Å². The van der Waals surface area contributed by atoms with Gasteiger partial charge in [-0.3, -0.25) is 4.79 Å². The third-order valence-electron chi connectivity index (χ3n) is 4.85. The number of hydrogen-bond acceptors (Lipinski definition) is 1. The number of pyridine rings is 1. The van der Waals surface area contributed by atoms with E-state index in [-0.39, 0.29) is 22.8 Å². The van der Waals surface area contributed by atoms with Crippen LogP contribution in [0.3, 0.4) is 0 Å². The van der Waals surface area contributed by atoms with Gasteiger partial charge in [-0.15, -0.1) is 17.0 Å². The van der Waals surface area contributed by atoms with E-state index in [1.807, 2.05) is 65.5 Å². The van der Waals surface area contributed by atoms with Crippen LogP contribution in [0.15, 0.2) is 109 Å². The van der Waals surface area contributed by atoms with Crippen molar-refractivity contribution in [2.45, 2.75) is 13.0 Å². The van der Waals surface area contributed by atoms with Gasteiger partial charge in [-0.1, -0.05) is 84.9 Å². The second kappa shape index (κ2) is 9.94. The summed E-state index contributed by atoms with van der Waals surface area (Å²) in [4.78, 5) is 12.6. The van der Waals surface area contributed by atoms with E-state index >= 15 is 0 Å². The van der Waals surface area contributed by atoms with Crippen molar-refractivity contribution in [3.8, 4) is 11.1 Å². The average molecular weight is 445 g/mol. The van der Waals surface area contributed by atoms with Crippen LogP contribution in [0, 0.1) is 0 Å². The van der Waals surface area contributed by atoms with Crippen molar-refractivity contribution in [3.63, 3.8) is 0 Å². The predicted octanol–water partition coefficient (Wildman–Crippen LogP) is 5.69. The molecule has 0 saturated heterocycles. The third kappa shape index (κ3) is 5.49. The number of ketones is 1. The maximum absolute atomic E-state index is 12.6. The van der Waals surface area contributed by atoms with Gasteiger partial charge in [0.2, 0.25) is 12.3 Å². The highest BCUT2D eigenvalue weighted by atomic mass is 79.9. The number of carbonyl (C=O) groups is 1. The summed E-state index contributed by atoms with van der Waals surface area (Å²) in [5, 5.41) is 0. The molecule has 4 aromatic rings. The maximum Gasteiger partial charge on any atom is 0.227 e. The van der Waals surface area contributed by atoms with Crippen LogP contribution in [-0.2, 0) is 13.0 Å². The van der Waals surface area contributed by atoms with Crippen LogP contribution in [-0.4, -0.2) is 5.78 Å². The number of aromatic nitrogens is 1. The molecule has 1 heterocycles. The highest BCUT2D eigenvalue weighted by Crippen LogP contribution is 2.19. The Morgan fingerprint density at radius 2 is 1.14 bits per heavy atom. The van der Waals surface area contributed by atoms with Gasteiger partial charge in [0.25, 0.3) is 0 Å². The lowest BCUT2D eigenvalue weighted by Crippen LogP contribution is -2.37. The van der Waals surface area contributed by atoms with Crippen LogP contribution < -0.4 is 4.57 Å². The molecule has 0 atom stereocenters. The summed E-state index contributed by atoms with van der Waals surface area (Å²) in [6, 6.07) is 32.6. The smallest absolute Gasteiger partial charge is 0.227 e. The van der Waals surface area contributed by atoms with Gasteiger partial charge in [-0.05, 0) is 28.7 Å². The van der Waals surface area contributed by atoms with E-state index in [1.54, 1.807) is 0 Å². The first-order valence-corrected chi connectivity index (χ1v) is 9.48. The highest BCUT2D eigenvalue weighted by molar-refractivity contribution is 8.93. The fraction of sp³-hybridized carbons (Fsp3) is 0.0769. The van der Waals surface area contributed by atoms with Gasteiger partial charge >= 0.3 is 0 Å². The van der Waals surface area contributed by atoms with Gasteiger partial charge in [0.15, 0.2) is 12.4 Å². The van der Waals surface area contributed by atoms with Gasteiger partial charge < -0.3 is 0 Å². The molecule has 0 N–H and O–H groups in total. The number of benzene rings is 3. The molecule has 0 radical (unpaired) electrons. The van der Waals surface area contributed by atoms with Crippen molar-refractivity contribution in [1.29, 1.82) is 0 Å². The first-order chi connectivity index (χ1) is 13.8. The number of rotatable bonds is 6. The Hall–Kier alpha value is -3.04. The molecule has 0 saturated carbocycles. The molecule has 4 rings (SSSR count). The van der Waals surface area contributed by atoms with Crippen molar-refractivity contribution < 1.29 is 9.36 Å². The largest absolute Gasteiger partial charge is 0.287 e. The molecule has 0 bridgehead atoms. The maximum atomic E-state index is 12.6. The molecule has 0 fully saturated rings. The molecular formula is C26H23BrNO+.